The zero-order valence-electron chi connectivity index (χ0n) is 26.6. The summed E-state index contributed by atoms with van der Waals surface area (Å²) in [5.74, 6) is 0.540. The van der Waals surface area contributed by atoms with Crippen molar-refractivity contribution in [1.82, 2.24) is 28.8 Å². The van der Waals surface area contributed by atoms with Gasteiger partial charge in [-0.3, -0.25) is 14.5 Å². The number of halogens is 3. The molecule has 9 nitrogen and oxygen atoms in total. The zero-order valence-corrected chi connectivity index (χ0v) is 28.2. The number of aliphatic hydroxyl groups is 1. The van der Waals surface area contributed by atoms with Gasteiger partial charge in [0, 0.05) is 92.3 Å². The second kappa shape index (κ2) is 14.6. The minimum absolute atomic E-state index is 0.0925. The number of β-amino-alcohol motifs (C(OH)–C–C–N with tert-alkyl or cyclic N) is 1. The average molecular weight is 673 g/mol. The monoisotopic (exact) mass is 672 g/mol. The van der Waals surface area contributed by atoms with Gasteiger partial charge in [-0.1, -0.05) is 12.5 Å². The van der Waals surface area contributed by atoms with Crippen molar-refractivity contribution in [2.75, 3.05) is 70.9 Å². The molecule has 14 heteroatoms. The summed E-state index contributed by atoms with van der Waals surface area (Å²) in [6.07, 6.45) is -0.181. The summed E-state index contributed by atoms with van der Waals surface area (Å²) in [5.41, 5.74) is 1.84. The molecule has 2 aromatic rings. The Hall–Kier alpha value is -1.68. The summed E-state index contributed by atoms with van der Waals surface area (Å²) in [5, 5.41) is 16.0. The fraction of sp³-hybridized carbons (Fsp3) is 0.710. The third-order valence-corrected chi connectivity index (χ3v) is 11.5. The molecule has 1 atom stereocenters. The first kappa shape index (κ1) is 34.6. The Morgan fingerprint density at radius 2 is 1.69 bits per heavy atom. The zero-order chi connectivity index (χ0) is 32.4. The van der Waals surface area contributed by atoms with Crippen LogP contribution in [0.15, 0.2) is 23.1 Å². The smallest absolute Gasteiger partial charge is 0.390 e. The second-order valence-corrected chi connectivity index (χ2v) is 16.0. The van der Waals surface area contributed by atoms with Crippen molar-refractivity contribution >= 4 is 21.8 Å². The molecule has 1 aromatic heterocycles. The van der Waals surface area contributed by atoms with Crippen molar-refractivity contribution in [3.63, 3.8) is 0 Å². The SMILES string of the molecule is CC(C)N1CCN(CC(O)Cn2nc(-c3ccc(C(F)(F)F)c(SCCN4CCCCC4)c3)c3c2CCN(S(C)(=O)=O)C3)CC1. The van der Waals surface area contributed by atoms with Crippen LogP contribution in [0.25, 0.3) is 11.3 Å². The summed E-state index contributed by atoms with van der Waals surface area (Å²) >= 11 is 1.21. The number of hydrogen-bond donors (Lipinski definition) is 1. The van der Waals surface area contributed by atoms with E-state index in [1.807, 2.05) is 0 Å². The summed E-state index contributed by atoms with van der Waals surface area (Å²) in [4.78, 5) is 7.11. The lowest BCUT2D eigenvalue weighted by Crippen LogP contribution is -2.50. The van der Waals surface area contributed by atoms with Gasteiger partial charge in [-0.25, -0.2) is 8.42 Å². The molecule has 252 valence electrons. The van der Waals surface area contributed by atoms with Crippen molar-refractivity contribution in [3.8, 4) is 11.3 Å². The third kappa shape index (κ3) is 8.82. The van der Waals surface area contributed by atoms with Gasteiger partial charge in [-0.15, -0.1) is 11.8 Å². The molecule has 1 N–H and O–H groups in total. The van der Waals surface area contributed by atoms with Gasteiger partial charge >= 0.3 is 6.18 Å². The van der Waals surface area contributed by atoms with E-state index < -0.39 is 27.9 Å². The first-order valence-corrected chi connectivity index (χ1v) is 18.9. The van der Waals surface area contributed by atoms with E-state index in [4.69, 9.17) is 5.10 Å². The molecule has 3 aliphatic heterocycles. The number of likely N-dealkylation sites (tertiary alicyclic amines) is 1. The molecule has 1 unspecified atom stereocenters. The minimum atomic E-state index is -4.50. The lowest BCUT2D eigenvalue weighted by atomic mass is 10.0. The molecule has 5 rings (SSSR count). The van der Waals surface area contributed by atoms with Crippen LogP contribution in [0.5, 0.6) is 0 Å². The number of rotatable bonds is 11. The van der Waals surface area contributed by atoms with Crippen LogP contribution < -0.4 is 0 Å². The molecule has 2 fully saturated rings. The minimum Gasteiger partial charge on any atom is -0.390 e. The third-order valence-electron chi connectivity index (χ3n) is 9.23. The van der Waals surface area contributed by atoms with E-state index in [-0.39, 0.29) is 24.5 Å². The molecule has 0 radical (unpaired) electrons. The van der Waals surface area contributed by atoms with Crippen LogP contribution in [0.4, 0.5) is 13.2 Å². The summed E-state index contributed by atoms with van der Waals surface area (Å²) in [6.45, 7) is 11.8. The van der Waals surface area contributed by atoms with Crippen molar-refractivity contribution in [2.45, 2.75) is 75.8 Å². The van der Waals surface area contributed by atoms with Gasteiger partial charge in [0.25, 0.3) is 0 Å². The van der Waals surface area contributed by atoms with Gasteiger partial charge in [0.15, 0.2) is 0 Å². The Bertz CT molecular complexity index is 1400. The van der Waals surface area contributed by atoms with Gasteiger partial charge in [-0.05, 0) is 51.9 Å². The molecule has 45 heavy (non-hydrogen) atoms. The number of aliphatic hydroxyl groups excluding tert-OH is 1. The highest BCUT2D eigenvalue weighted by molar-refractivity contribution is 7.99. The quantitative estimate of drug-likeness (QED) is 0.361. The van der Waals surface area contributed by atoms with Crippen molar-refractivity contribution in [2.24, 2.45) is 0 Å². The van der Waals surface area contributed by atoms with Crippen LogP contribution in [0.1, 0.15) is 49.9 Å². The van der Waals surface area contributed by atoms with Gasteiger partial charge in [-0.2, -0.15) is 22.6 Å². The summed E-state index contributed by atoms with van der Waals surface area (Å²) in [7, 11) is -3.49. The largest absolute Gasteiger partial charge is 0.417 e. The van der Waals surface area contributed by atoms with Gasteiger partial charge in [0.1, 0.15) is 0 Å². The first-order valence-electron chi connectivity index (χ1n) is 16.0. The van der Waals surface area contributed by atoms with Crippen molar-refractivity contribution < 1.29 is 26.7 Å². The summed E-state index contributed by atoms with van der Waals surface area (Å²) < 4.78 is 70.3. The molecule has 0 aliphatic carbocycles. The number of piperazine rings is 1. The highest BCUT2D eigenvalue weighted by atomic mass is 32.2. The number of thioether (sulfide) groups is 1. The van der Waals surface area contributed by atoms with Crippen LogP contribution in [-0.4, -0.2) is 125 Å². The number of benzene rings is 1. The molecule has 1 aromatic carbocycles. The predicted molar refractivity (Wildman–Crippen MR) is 172 cm³/mol. The van der Waals surface area contributed by atoms with Gasteiger partial charge < -0.3 is 10.0 Å². The number of sulfonamides is 1. The van der Waals surface area contributed by atoms with E-state index >= 15 is 0 Å². The molecule has 2 saturated heterocycles. The van der Waals surface area contributed by atoms with Crippen LogP contribution in [0.2, 0.25) is 0 Å². The van der Waals surface area contributed by atoms with Crippen LogP contribution in [0.3, 0.4) is 0 Å². The Morgan fingerprint density at radius 3 is 2.33 bits per heavy atom. The average Bonchev–Trinajstić information content (AvgIpc) is 3.34. The highest BCUT2D eigenvalue weighted by Crippen LogP contribution is 2.40. The standard InChI is InChI=1S/C31H47F3N6O3S2/c1-23(2)38-15-13-37(14-16-38)20-25(41)21-40-28-9-12-39(45(3,42)43)22-26(28)30(35-40)24-7-8-27(31(32,33)34)29(19-24)44-18-17-36-10-5-4-6-11-36/h7-8,19,23,25,41H,4-6,9-18,20-22H2,1-3H3. The lowest BCUT2D eigenvalue weighted by Gasteiger charge is -2.37. The number of piperidine rings is 1. The Labute approximate surface area is 269 Å². The fourth-order valence-corrected chi connectivity index (χ4v) is 8.55. The Balaban J connectivity index is 1.39. The normalized spacial score (nSPS) is 20.5. The number of nitrogens with zero attached hydrogens (tertiary/aromatic N) is 6. The second-order valence-electron chi connectivity index (χ2n) is 12.8. The van der Waals surface area contributed by atoms with E-state index in [0.29, 0.717) is 41.6 Å². The van der Waals surface area contributed by atoms with Crippen LogP contribution in [0, 0.1) is 0 Å². The molecule has 0 bridgehead atoms. The molecule has 0 spiro atoms. The van der Waals surface area contributed by atoms with Crippen molar-refractivity contribution in [3.05, 3.63) is 35.0 Å². The summed E-state index contributed by atoms with van der Waals surface area (Å²) in [6, 6.07) is 4.60. The van der Waals surface area contributed by atoms with Crippen molar-refractivity contribution in [1.29, 1.82) is 0 Å². The molecule has 0 amide bonds. The molecule has 3 aliphatic rings. The van der Waals surface area contributed by atoms with Gasteiger partial charge in [0.2, 0.25) is 10.0 Å². The van der Waals surface area contributed by atoms with E-state index in [2.05, 4.69) is 28.5 Å². The van der Waals surface area contributed by atoms with Crippen LogP contribution >= 0.6 is 11.8 Å². The Morgan fingerprint density at radius 1 is 0.978 bits per heavy atom. The van der Waals surface area contributed by atoms with E-state index in [0.717, 1.165) is 70.4 Å². The Kier molecular flexibility index (Phi) is 11.3. The predicted octanol–water partition coefficient (Wildman–Crippen LogP) is 3.85. The molecule has 4 heterocycles. The number of aromatic nitrogens is 2. The topological polar surface area (TPSA) is 85.2 Å². The molecular formula is C31H47F3N6O3S2. The van der Waals surface area contributed by atoms with E-state index in [9.17, 15) is 26.7 Å². The van der Waals surface area contributed by atoms with E-state index in [1.54, 1.807) is 10.7 Å². The van der Waals surface area contributed by atoms with Gasteiger partial charge in [0.05, 0.1) is 30.2 Å². The van der Waals surface area contributed by atoms with Crippen LogP contribution in [-0.2, 0) is 35.7 Å². The highest BCUT2D eigenvalue weighted by Gasteiger charge is 2.35. The molecular weight excluding hydrogens is 626 g/mol. The molecule has 0 saturated carbocycles. The first-order chi connectivity index (χ1) is 21.3. The lowest BCUT2D eigenvalue weighted by molar-refractivity contribution is -0.139. The maximum atomic E-state index is 14.1. The fourth-order valence-electron chi connectivity index (χ4n) is 6.64. The maximum Gasteiger partial charge on any atom is 0.417 e. The number of alkyl halides is 3. The number of fused-ring (bicyclic) bond motifs is 1. The number of hydrogen-bond acceptors (Lipinski definition) is 8. The van der Waals surface area contributed by atoms with E-state index in [1.165, 1.54) is 34.8 Å². The maximum absolute atomic E-state index is 14.1.